The average Bonchev–Trinajstić information content (AvgIpc) is 2.43. The molecule has 5 heteroatoms. The van der Waals surface area contributed by atoms with Crippen molar-refractivity contribution in [3.05, 3.63) is 42.5 Å². The van der Waals surface area contributed by atoms with Crippen LogP contribution in [0.2, 0.25) is 0 Å². The largest absolute Gasteiger partial charge is 0.490 e. The number of esters is 1. The molecule has 0 radical (unpaired) electrons. The highest BCUT2D eigenvalue weighted by atomic mass is 35.5. The van der Waals surface area contributed by atoms with Crippen molar-refractivity contribution in [1.82, 2.24) is 4.84 Å². The van der Waals surface area contributed by atoms with E-state index in [9.17, 15) is 4.79 Å². The minimum absolute atomic E-state index is 0.392. The van der Waals surface area contributed by atoms with Gasteiger partial charge in [0.2, 0.25) is 0 Å². The standard InChI is InChI=1S/C13H16ClNO3/c1-3-8-18-11-6-4-10(5-7-11)9-12(15-14)13(16)17-2/h3-7,12,15H,1,8-9H2,2H3. The van der Waals surface area contributed by atoms with Crippen LogP contribution in [-0.2, 0) is 16.0 Å². The van der Waals surface area contributed by atoms with Crippen LogP contribution >= 0.6 is 11.8 Å². The van der Waals surface area contributed by atoms with Crippen LogP contribution in [0.5, 0.6) is 5.75 Å². The Morgan fingerprint density at radius 3 is 2.67 bits per heavy atom. The molecule has 0 spiro atoms. The maximum Gasteiger partial charge on any atom is 0.324 e. The van der Waals surface area contributed by atoms with Gasteiger partial charge in [-0.15, -0.1) is 0 Å². The number of carbonyl (C=O) groups is 1. The Labute approximate surface area is 112 Å². The van der Waals surface area contributed by atoms with Crippen LogP contribution in [0.4, 0.5) is 0 Å². The molecule has 4 nitrogen and oxygen atoms in total. The number of rotatable bonds is 7. The Morgan fingerprint density at radius 2 is 2.17 bits per heavy atom. The smallest absolute Gasteiger partial charge is 0.324 e. The number of benzene rings is 1. The molecule has 1 N–H and O–H groups in total. The van der Waals surface area contributed by atoms with Gasteiger partial charge in [0.25, 0.3) is 0 Å². The molecule has 0 amide bonds. The summed E-state index contributed by atoms with van der Waals surface area (Å²) in [6.07, 6.45) is 2.14. The quantitative estimate of drug-likeness (QED) is 0.468. The number of carbonyl (C=O) groups excluding carboxylic acids is 1. The Bertz CT molecular complexity index is 392. The second-order valence-electron chi connectivity index (χ2n) is 3.63. The topological polar surface area (TPSA) is 47.6 Å². The summed E-state index contributed by atoms with van der Waals surface area (Å²) in [7, 11) is 1.33. The van der Waals surface area contributed by atoms with E-state index >= 15 is 0 Å². The molecular weight excluding hydrogens is 254 g/mol. The number of hydrogen-bond acceptors (Lipinski definition) is 4. The monoisotopic (exact) mass is 269 g/mol. The zero-order valence-corrected chi connectivity index (χ0v) is 10.9. The van der Waals surface area contributed by atoms with Crippen LogP contribution in [0.1, 0.15) is 5.56 Å². The highest BCUT2D eigenvalue weighted by Crippen LogP contribution is 2.14. The Balaban J connectivity index is 2.61. The van der Waals surface area contributed by atoms with Gasteiger partial charge in [0.05, 0.1) is 7.11 Å². The van der Waals surface area contributed by atoms with E-state index in [-0.39, 0.29) is 0 Å². The van der Waals surface area contributed by atoms with Crippen molar-refractivity contribution in [1.29, 1.82) is 0 Å². The molecule has 1 atom stereocenters. The maximum atomic E-state index is 11.4. The molecular formula is C13H16ClNO3. The molecule has 0 bridgehead atoms. The van der Waals surface area contributed by atoms with Crippen LogP contribution in [0.3, 0.4) is 0 Å². The van der Waals surface area contributed by atoms with E-state index in [2.05, 4.69) is 16.2 Å². The fourth-order valence-electron chi connectivity index (χ4n) is 1.42. The molecule has 0 aliphatic carbocycles. The van der Waals surface area contributed by atoms with Crippen molar-refractivity contribution in [2.45, 2.75) is 12.5 Å². The van der Waals surface area contributed by atoms with Crippen molar-refractivity contribution in [2.24, 2.45) is 0 Å². The lowest BCUT2D eigenvalue weighted by Crippen LogP contribution is -2.33. The van der Waals surface area contributed by atoms with Crippen molar-refractivity contribution in [2.75, 3.05) is 13.7 Å². The summed E-state index contributed by atoms with van der Waals surface area (Å²) in [5.41, 5.74) is 0.963. The fourth-order valence-corrected chi connectivity index (χ4v) is 1.59. The first-order chi connectivity index (χ1) is 8.71. The van der Waals surface area contributed by atoms with Crippen LogP contribution in [-0.4, -0.2) is 25.7 Å². The van der Waals surface area contributed by atoms with Crippen molar-refractivity contribution >= 4 is 17.7 Å². The second kappa shape index (κ2) is 7.74. The van der Waals surface area contributed by atoms with E-state index in [1.165, 1.54) is 7.11 Å². The zero-order chi connectivity index (χ0) is 13.4. The summed E-state index contributed by atoms with van der Waals surface area (Å²) in [4.78, 5) is 13.8. The zero-order valence-electron chi connectivity index (χ0n) is 10.2. The number of ether oxygens (including phenoxy) is 2. The van der Waals surface area contributed by atoms with E-state index in [4.69, 9.17) is 16.5 Å². The Kier molecular flexibility index (Phi) is 6.25. The number of halogens is 1. The summed E-state index contributed by atoms with van der Waals surface area (Å²) in [6.45, 7) is 4.04. The molecule has 0 saturated carbocycles. The van der Waals surface area contributed by atoms with E-state index in [1.54, 1.807) is 6.08 Å². The number of nitrogens with one attached hydrogen (secondary N) is 1. The third-order valence-corrected chi connectivity index (χ3v) is 2.61. The second-order valence-corrected chi connectivity index (χ2v) is 3.85. The lowest BCUT2D eigenvalue weighted by molar-refractivity contribution is -0.142. The van der Waals surface area contributed by atoms with Gasteiger partial charge in [0.15, 0.2) is 0 Å². The third-order valence-electron chi connectivity index (χ3n) is 2.35. The average molecular weight is 270 g/mol. The molecule has 0 saturated heterocycles. The van der Waals surface area contributed by atoms with Gasteiger partial charge in [-0.2, -0.15) is 0 Å². The van der Waals surface area contributed by atoms with Gasteiger partial charge >= 0.3 is 5.97 Å². The van der Waals surface area contributed by atoms with Crippen LogP contribution in [0.25, 0.3) is 0 Å². The molecule has 0 fully saturated rings. The third kappa shape index (κ3) is 4.39. The Morgan fingerprint density at radius 1 is 1.50 bits per heavy atom. The first-order valence-corrected chi connectivity index (χ1v) is 5.85. The van der Waals surface area contributed by atoms with Crippen molar-refractivity contribution < 1.29 is 14.3 Å². The molecule has 0 aromatic heterocycles. The van der Waals surface area contributed by atoms with Crippen LogP contribution < -0.4 is 9.57 Å². The number of hydrogen-bond donors (Lipinski definition) is 1. The van der Waals surface area contributed by atoms with Crippen LogP contribution in [0, 0.1) is 0 Å². The van der Waals surface area contributed by atoms with Crippen molar-refractivity contribution in [3.63, 3.8) is 0 Å². The summed E-state index contributed by atoms with van der Waals surface area (Å²) in [5, 5.41) is 0. The van der Waals surface area contributed by atoms with Gasteiger partial charge in [0.1, 0.15) is 18.4 Å². The molecule has 18 heavy (non-hydrogen) atoms. The molecule has 0 aliphatic heterocycles. The normalized spacial score (nSPS) is 11.7. The van der Waals surface area contributed by atoms with Crippen molar-refractivity contribution in [3.8, 4) is 5.75 Å². The molecule has 1 unspecified atom stereocenters. The minimum Gasteiger partial charge on any atom is -0.490 e. The van der Waals surface area contributed by atoms with E-state index in [0.29, 0.717) is 13.0 Å². The van der Waals surface area contributed by atoms with Gasteiger partial charge < -0.3 is 9.47 Å². The molecule has 98 valence electrons. The number of methoxy groups -OCH3 is 1. The molecule has 1 aromatic rings. The van der Waals surface area contributed by atoms with Gasteiger partial charge in [-0.1, -0.05) is 24.8 Å². The first kappa shape index (κ1) is 14.5. The Hall–Kier alpha value is -1.52. The SMILES string of the molecule is C=CCOc1ccc(CC(NCl)C(=O)OC)cc1. The highest BCUT2D eigenvalue weighted by molar-refractivity contribution is 6.14. The van der Waals surface area contributed by atoms with Crippen LogP contribution in [0.15, 0.2) is 36.9 Å². The predicted octanol–water partition coefficient (Wildman–Crippen LogP) is 2.08. The van der Waals surface area contributed by atoms with Gasteiger partial charge in [-0.25, -0.2) is 4.84 Å². The summed E-state index contributed by atoms with van der Waals surface area (Å²) < 4.78 is 9.99. The van der Waals surface area contributed by atoms with Gasteiger partial charge in [-0.05, 0) is 35.9 Å². The predicted molar refractivity (Wildman–Crippen MR) is 70.6 cm³/mol. The minimum atomic E-state index is -0.559. The molecule has 1 rings (SSSR count). The maximum absolute atomic E-state index is 11.4. The molecule has 1 aromatic carbocycles. The lowest BCUT2D eigenvalue weighted by atomic mass is 10.1. The highest BCUT2D eigenvalue weighted by Gasteiger charge is 2.18. The first-order valence-electron chi connectivity index (χ1n) is 5.48. The molecule has 0 aliphatic rings. The fraction of sp³-hybridized carbons (Fsp3) is 0.308. The van der Waals surface area contributed by atoms with Gasteiger partial charge in [-0.3, -0.25) is 4.79 Å². The van der Waals surface area contributed by atoms with Gasteiger partial charge in [0, 0.05) is 0 Å². The van der Waals surface area contributed by atoms with E-state index in [1.807, 2.05) is 24.3 Å². The lowest BCUT2D eigenvalue weighted by Gasteiger charge is -2.12. The summed E-state index contributed by atoms with van der Waals surface area (Å²) in [6, 6.07) is 6.87. The van der Waals surface area contributed by atoms with E-state index < -0.39 is 12.0 Å². The van der Waals surface area contributed by atoms with E-state index in [0.717, 1.165) is 11.3 Å². The summed E-state index contributed by atoms with van der Waals surface area (Å²) >= 11 is 5.50. The summed E-state index contributed by atoms with van der Waals surface area (Å²) in [5.74, 6) is 0.365. The molecule has 0 heterocycles.